The van der Waals surface area contributed by atoms with Crippen LogP contribution in [0.3, 0.4) is 0 Å². The standard InChI is InChI=1S/C17H23NO2/c1-12(2)15-5-7-18(10-15)11-16(19)13-3-4-17-14(9-13)6-8-20-17/h3-4,9,12,15H,5-8,10-11H2,1-2H3. The van der Waals surface area contributed by atoms with Gasteiger partial charge in [-0.15, -0.1) is 0 Å². The highest BCUT2D eigenvalue weighted by Crippen LogP contribution is 2.27. The Balaban J connectivity index is 1.62. The molecule has 0 saturated carbocycles. The number of ether oxygens (including phenoxy) is 1. The Morgan fingerprint density at radius 1 is 1.45 bits per heavy atom. The fourth-order valence-corrected chi connectivity index (χ4v) is 3.20. The predicted molar refractivity (Wildman–Crippen MR) is 79.4 cm³/mol. The van der Waals surface area contributed by atoms with Gasteiger partial charge in [0, 0.05) is 18.5 Å². The second-order valence-electron chi connectivity index (χ2n) is 6.37. The first-order valence-electron chi connectivity index (χ1n) is 7.65. The van der Waals surface area contributed by atoms with Crippen molar-refractivity contribution in [1.82, 2.24) is 4.90 Å². The number of benzene rings is 1. The van der Waals surface area contributed by atoms with Crippen LogP contribution < -0.4 is 4.74 Å². The van der Waals surface area contributed by atoms with E-state index in [2.05, 4.69) is 18.7 Å². The lowest BCUT2D eigenvalue weighted by atomic mass is 9.95. The smallest absolute Gasteiger partial charge is 0.176 e. The minimum atomic E-state index is 0.240. The highest BCUT2D eigenvalue weighted by Gasteiger charge is 2.26. The third-order valence-electron chi connectivity index (χ3n) is 4.63. The van der Waals surface area contributed by atoms with Crippen LogP contribution in [-0.4, -0.2) is 36.9 Å². The van der Waals surface area contributed by atoms with E-state index in [1.54, 1.807) is 0 Å². The van der Waals surface area contributed by atoms with Gasteiger partial charge in [0.15, 0.2) is 5.78 Å². The van der Waals surface area contributed by atoms with Gasteiger partial charge in [-0.25, -0.2) is 0 Å². The molecule has 0 aromatic heterocycles. The molecule has 3 rings (SSSR count). The van der Waals surface area contributed by atoms with Crippen molar-refractivity contribution in [3.63, 3.8) is 0 Å². The minimum absolute atomic E-state index is 0.240. The average molecular weight is 273 g/mol. The molecule has 1 saturated heterocycles. The highest BCUT2D eigenvalue weighted by atomic mass is 16.5. The van der Waals surface area contributed by atoms with E-state index in [1.807, 2.05) is 18.2 Å². The maximum absolute atomic E-state index is 12.4. The molecular weight excluding hydrogens is 250 g/mol. The zero-order valence-corrected chi connectivity index (χ0v) is 12.4. The minimum Gasteiger partial charge on any atom is -0.493 e. The maximum atomic E-state index is 12.4. The first kappa shape index (κ1) is 13.6. The van der Waals surface area contributed by atoms with Gasteiger partial charge in [0.1, 0.15) is 5.75 Å². The summed E-state index contributed by atoms with van der Waals surface area (Å²) >= 11 is 0. The zero-order valence-electron chi connectivity index (χ0n) is 12.4. The van der Waals surface area contributed by atoms with E-state index in [-0.39, 0.29) is 5.78 Å². The molecule has 0 bridgehead atoms. The molecular formula is C17H23NO2. The Kier molecular flexibility index (Phi) is 3.79. The number of rotatable bonds is 4. The zero-order chi connectivity index (χ0) is 14.1. The van der Waals surface area contributed by atoms with E-state index >= 15 is 0 Å². The van der Waals surface area contributed by atoms with Crippen molar-refractivity contribution in [1.29, 1.82) is 0 Å². The van der Waals surface area contributed by atoms with Gasteiger partial charge in [-0.1, -0.05) is 13.8 Å². The van der Waals surface area contributed by atoms with Crippen molar-refractivity contribution in [3.05, 3.63) is 29.3 Å². The van der Waals surface area contributed by atoms with Gasteiger partial charge in [-0.05, 0) is 48.6 Å². The highest BCUT2D eigenvalue weighted by molar-refractivity contribution is 5.98. The molecule has 1 unspecified atom stereocenters. The number of carbonyl (C=O) groups excluding carboxylic acids is 1. The SMILES string of the molecule is CC(C)C1CCN(CC(=O)c2ccc3c(c2)CCO3)C1. The number of Topliss-reactive ketones (excluding diaryl/α,β-unsaturated/α-hetero) is 1. The Morgan fingerprint density at radius 2 is 2.30 bits per heavy atom. The number of likely N-dealkylation sites (tertiary alicyclic amines) is 1. The van der Waals surface area contributed by atoms with E-state index in [0.717, 1.165) is 43.3 Å². The van der Waals surface area contributed by atoms with Crippen LogP contribution in [-0.2, 0) is 6.42 Å². The first-order chi connectivity index (χ1) is 9.63. The number of nitrogens with zero attached hydrogens (tertiary/aromatic N) is 1. The van der Waals surface area contributed by atoms with Gasteiger partial charge < -0.3 is 4.74 Å². The van der Waals surface area contributed by atoms with Gasteiger partial charge in [-0.2, -0.15) is 0 Å². The molecule has 3 heteroatoms. The number of ketones is 1. The Labute approximate surface area is 120 Å². The van der Waals surface area contributed by atoms with Crippen LogP contribution in [0.4, 0.5) is 0 Å². The second-order valence-corrected chi connectivity index (χ2v) is 6.37. The second kappa shape index (κ2) is 5.57. The maximum Gasteiger partial charge on any atom is 0.176 e. The number of fused-ring (bicyclic) bond motifs is 1. The predicted octanol–water partition coefficient (Wildman–Crippen LogP) is 2.78. The summed E-state index contributed by atoms with van der Waals surface area (Å²) in [7, 11) is 0. The van der Waals surface area contributed by atoms with Crippen LogP contribution in [0, 0.1) is 11.8 Å². The van der Waals surface area contributed by atoms with E-state index in [0.29, 0.717) is 12.5 Å². The summed E-state index contributed by atoms with van der Waals surface area (Å²) in [4.78, 5) is 14.7. The summed E-state index contributed by atoms with van der Waals surface area (Å²) in [5, 5.41) is 0. The Bertz CT molecular complexity index is 510. The summed E-state index contributed by atoms with van der Waals surface area (Å²) in [6, 6.07) is 5.86. The van der Waals surface area contributed by atoms with Crippen molar-refractivity contribution in [2.75, 3.05) is 26.2 Å². The molecule has 0 N–H and O–H groups in total. The number of carbonyl (C=O) groups is 1. The molecule has 3 nitrogen and oxygen atoms in total. The first-order valence-corrected chi connectivity index (χ1v) is 7.65. The van der Waals surface area contributed by atoms with Crippen LogP contribution >= 0.6 is 0 Å². The van der Waals surface area contributed by atoms with Gasteiger partial charge in [0.05, 0.1) is 13.2 Å². The normalized spacial score (nSPS) is 22.1. The van der Waals surface area contributed by atoms with E-state index in [4.69, 9.17) is 4.74 Å². The van der Waals surface area contributed by atoms with Gasteiger partial charge in [0.25, 0.3) is 0 Å². The molecule has 2 aliphatic rings. The van der Waals surface area contributed by atoms with Crippen molar-refractivity contribution in [2.24, 2.45) is 11.8 Å². The fourth-order valence-electron chi connectivity index (χ4n) is 3.20. The molecule has 1 aromatic carbocycles. The van der Waals surface area contributed by atoms with Crippen molar-refractivity contribution < 1.29 is 9.53 Å². The largest absolute Gasteiger partial charge is 0.493 e. The summed E-state index contributed by atoms with van der Waals surface area (Å²) in [6.07, 6.45) is 2.15. The summed E-state index contributed by atoms with van der Waals surface area (Å²) in [5.74, 6) is 2.65. The molecule has 1 atom stereocenters. The molecule has 0 amide bonds. The van der Waals surface area contributed by atoms with Crippen LogP contribution in [0.2, 0.25) is 0 Å². The fraction of sp³-hybridized carbons (Fsp3) is 0.588. The Morgan fingerprint density at radius 3 is 3.05 bits per heavy atom. The molecule has 0 aliphatic carbocycles. The molecule has 108 valence electrons. The topological polar surface area (TPSA) is 29.5 Å². The van der Waals surface area contributed by atoms with Gasteiger partial charge in [0.2, 0.25) is 0 Å². The van der Waals surface area contributed by atoms with Crippen LogP contribution in [0.25, 0.3) is 0 Å². The molecule has 2 aliphatic heterocycles. The van der Waals surface area contributed by atoms with E-state index < -0.39 is 0 Å². The lowest BCUT2D eigenvalue weighted by Gasteiger charge is -2.17. The lowest BCUT2D eigenvalue weighted by molar-refractivity contribution is 0.0942. The van der Waals surface area contributed by atoms with Crippen molar-refractivity contribution >= 4 is 5.78 Å². The summed E-state index contributed by atoms with van der Waals surface area (Å²) < 4.78 is 5.49. The third-order valence-corrected chi connectivity index (χ3v) is 4.63. The van der Waals surface area contributed by atoms with E-state index in [1.165, 1.54) is 12.0 Å². The lowest BCUT2D eigenvalue weighted by Crippen LogP contribution is -2.28. The van der Waals surface area contributed by atoms with Gasteiger partial charge in [-0.3, -0.25) is 9.69 Å². The van der Waals surface area contributed by atoms with Gasteiger partial charge >= 0.3 is 0 Å². The third kappa shape index (κ3) is 2.73. The molecule has 1 aromatic rings. The molecule has 20 heavy (non-hydrogen) atoms. The molecule has 0 spiro atoms. The van der Waals surface area contributed by atoms with Crippen LogP contribution in [0.1, 0.15) is 36.2 Å². The number of hydrogen-bond donors (Lipinski definition) is 0. The summed E-state index contributed by atoms with van der Waals surface area (Å²) in [5.41, 5.74) is 2.01. The number of hydrogen-bond acceptors (Lipinski definition) is 3. The van der Waals surface area contributed by atoms with Crippen LogP contribution in [0.15, 0.2) is 18.2 Å². The van der Waals surface area contributed by atoms with E-state index in [9.17, 15) is 4.79 Å². The monoisotopic (exact) mass is 273 g/mol. The molecule has 1 fully saturated rings. The van der Waals surface area contributed by atoms with Crippen LogP contribution in [0.5, 0.6) is 5.75 Å². The van der Waals surface area contributed by atoms with Crippen molar-refractivity contribution in [3.8, 4) is 5.75 Å². The molecule has 2 heterocycles. The average Bonchev–Trinajstić information content (AvgIpc) is 3.05. The molecule has 0 radical (unpaired) electrons. The quantitative estimate of drug-likeness (QED) is 0.790. The Hall–Kier alpha value is -1.35. The summed E-state index contributed by atoms with van der Waals surface area (Å²) in [6.45, 7) is 7.98. The van der Waals surface area contributed by atoms with Crippen molar-refractivity contribution in [2.45, 2.75) is 26.7 Å².